The number of likely N-dealkylation sites (tertiary alicyclic amines) is 2. The van der Waals surface area contributed by atoms with Crippen molar-refractivity contribution in [3.63, 3.8) is 0 Å². The first-order valence-electron chi connectivity index (χ1n) is 7.02. The lowest BCUT2D eigenvalue weighted by molar-refractivity contribution is -0.144. The van der Waals surface area contributed by atoms with Gasteiger partial charge in [0.1, 0.15) is 0 Å². The molecule has 0 unspecified atom stereocenters. The van der Waals surface area contributed by atoms with Gasteiger partial charge in [0, 0.05) is 31.5 Å². The number of hydrogen-bond acceptors (Lipinski definition) is 2. The number of carbonyl (C=O) groups excluding carboxylic acids is 1. The van der Waals surface area contributed by atoms with Crippen LogP contribution in [0.1, 0.15) is 47.5 Å². The molecule has 0 aliphatic carbocycles. The molecule has 2 aliphatic heterocycles. The first-order valence-corrected chi connectivity index (χ1v) is 7.02. The van der Waals surface area contributed by atoms with Crippen molar-refractivity contribution in [2.45, 2.75) is 53.5 Å². The largest absolute Gasteiger partial charge is 0.342 e. The molecule has 100 valence electrons. The Morgan fingerprint density at radius 3 is 1.94 bits per heavy atom. The van der Waals surface area contributed by atoms with Crippen LogP contribution >= 0.6 is 0 Å². The minimum Gasteiger partial charge on any atom is -0.342 e. The van der Waals surface area contributed by atoms with Crippen molar-refractivity contribution in [3.8, 4) is 0 Å². The third-order valence-corrected chi connectivity index (χ3v) is 4.09. The van der Waals surface area contributed by atoms with Gasteiger partial charge in [-0.05, 0) is 39.8 Å². The highest BCUT2D eigenvalue weighted by atomic mass is 16.2. The van der Waals surface area contributed by atoms with Crippen LogP contribution in [0.25, 0.3) is 0 Å². The zero-order valence-electron chi connectivity index (χ0n) is 12.1. The van der Waals surface area contributed by atoms with Crippen molar-refractivity contribution < 1.29 is 4.79 Å². The van der Waals surface area contributed by atoms with E-state index in [0.29, 0.717) is 11.5 Å². The Labute approximate surface area is 106 Å². The smallest absolute Gasteiger partial charge is 0.219 e. The highest BCUT2D eigenvalue weighted by molar-refractivity contribution is 5.74. The summed E-state index contributed by atoms with van der Waals surface area (Å²) in [6, 6.07) is 0.673. The van der Waals surface area contributed by atoms with Crippen LogP contribution in [0.4, 0.5) is 0 Å². The van der Waals surface area contributed by atoms with Gasteiger partial charge < -0.3 is 9.80 Å². The standard InChI is InChI=1S/C12H22N2O.C2H6/c1-10(2)13-6-4-12(5-7-13)8-14(9-12)11(3)15;1-2/h10H,4-9H2,1-3H3;1-2H3. The van der Waals surface area contributed by atoms with E-state index in [9.17, 15) is 4.79 Å². The molecule has 3 nitrogen and oxygen atoms in total. The van der Waals surface area contributed by atoms with Crippen molar-refractivity contribution in [2.75, 3.05) is 26.2 Å². The molecule has 1 spiro atoms. The van der Waals surface area contributed by atoms with Crippen LogP contribution in [-0.2, 0) is 4.79 Å². The van der Waals surface area contributed by atoms with Crippen LogP contribution in [0, 0.1) is 5.41 Å². The van der Waals surface area contributed by atoms with Crippen LogP contribution in [0.2, 0.25) is 0 Å². The number of nitrogens with zero attached hydrogens (tertiary/aromatic N) is 2. The van der Waals surface area contributed by atoms with Crippen molar-refractivity contribution in [1.29, 1.82) is 0 Å². The third kappa shape index (κ3) is 3.21. The lowest BCUT2D eigenvalue weighted by Crippen LogP contribution is -2.61. The fourth-order valence-corrected chi connectivity index (χ4v) is 2.82. The molecule has 2 aliphatic rings. The molecule has 0 saturated carbocycles. The van der Waals surface area contributed by atoms with Crippen molar-refractivity contribution in [2.24, 2.45) is 5.41 Å². The van der Waals surface area contributed by atoms with Gasteiger partial charge >= 0.3 is 0 Å². The molecule has 2 rings (SSSR count). The number of rotatable bonds is 1. The van der Waals surface area contributed by atoms with Crippen LogP contribution in [0.5, 0.6) is 0 Å². The average Bonchev–Trinajstić information content (AvgIpc) is 2.28. The molecule has 0 N–H and O–H groups in total. The Hall–Kier alpha value is -0.570. The normalized spacial score (nSPS) is 23.1. The highest BCUT2D eigenvalue weighted by Crippen LogP contribution is 2.40. The van der Waals surface area contributed by atoms with E-state index in [1.54, 1.807) is 6.92 Å². The minimum atomic E-state index is 0.243. The molecule has 0 radical (unpaired) electrons. The van der Waals surface area contributed by atoms with Gasteiger partial charge in [-0.2, -0.15) is 0 Å². The maximum Gasteiger partial charge on any atom is 0.219 e. The summed E-state index contributed by atoms with van der Waals surface area (Å²) >= 11 is 0. The number of hydrogen-bond donors (Lipinski definition) is 0. The van der Waals surface area contributed by atoms with Gasteiger partial charge in [-0.1, -0.05) is 13.8 Å². The highest BCUT2D eigenvalue weighted by Gasteiger charge is 2.45. The maximum atomic E-state index is 11.1. The Kier molecular flexibility index (Phi) is 4.99. The third-order valence-electron chi connectivity index (χ3n) is 4.09. The van der Waals surface area contributed by atoms with Gasteiger partial charge in [-0.3, -0.25) is 4.79 Å². The van der Waals surface area contributed by atoms with E-state index in [2.05, 4.69) is 18.7 Å². The summed E-state index contributed by atoms with van der Waals surface area (Å²) < 4.78 is 0. The number of piperidine rings is 1. The molecule has 0 aromatic heterocycles. The summed E-state index contributed by atoms with van der Waals surface area (Å²) in [5.74, 6) is 0.243. The van der Waals surface area contributed by atoms with E-state index in [0.717, 1.165) is 13.1 Å². The first-order chi connectivity index (χ1) is 8.02. The molecule has 3 heteroatoms. The zero-order chi connectivity index (χ0) is 13.1. The van der Waals surface area contributed by atoms with Crippen molar-refractivity contribution in [1.82, 2.24) is 9.80 Å². The van der Waals surface area contributed by atoms with E-state index in [4.69, 9.17) is 0 Å². The second-order valence-electron chi connectivity index (χ2n) is 5.50. The van der Waals surface area contributed by atoms with Crippen LogP contribution in [0.3, 0.4) is 0 Å². The van der Waals surface area contributed by atoms with Crippen molar-refractivity contribution >= 4 is 5.91 Å². The van der Waals surface area contributed by atoms with Gasteiger partial charge in [-0.25, -0.2) is 0 Å². The quantitative estimate of drug-likeness (QED) is 0.702. The SMILES string of the molecule is CC.CC(=O)N1CC2(CCN(C(C)C)CC2)C1. The summed E-state index contributed by atoms with van der Waals surface area (Å²) in [7, 11) is 0. The van der Waals surface area contributed by atoms with Crippen molar-refractivity contribution in [3.05, 3.63) is 0 Å². The summed E-state index contributed by atoms with van der Waals surface area (Å²) in [6.07, 6.45) is 2.55. The van der Waals surface area contributed by atoms with E-state index in [-0.39, 0.29) is 5.91 Å². The van der Waals surface area contributed by atoms with Crippen LogP contribution in [-0.4, -0.2) is 47.9 Å². The van der Waals surface area contributed by atoms with Crippen LogP contribution < -0.4 is 0 Å². The first kappa shape index (κ1) is 14.5. The van der Waals surface area contributed by atoms with Gasteiger partial charge in [0.05, 0.1) is 0 Å². The average molecular weight is 240 g/mol. The predicted octanol–water partition coefficient (Wildman–Crippen LogP) is 2.37. The molecule has 0 aromatic carbocycles. The van der Waals surface area contributed by atoms with E-state index in [1.165, 1.54) is 25.9 Å². The van der Waals surface area contributed by atoms with Crippen LogP contribution in [0.15, 0.2) is 0 Å². The topological polar surface area (TPSA) is 23.6 Å². The zero-order valence-corrected chi connectivity index (χ0v) is 12.1. The molecular weight excluding hydrogens is 212 g/mol. The summed E-state index contributed by atoms with van der Waals surface area (Å²) in [5, 5.41) is 0. The van der Waals surface area contributed by atoms with Gasteiger partial charge in [0.2, 0.25) is 5.91 Å². The van der Waals surface area contributed by atoms with Gasteiger partial charge in [-0.15, -0.1) is 0 Å². The summed E-state index contributed by atoms with van der Waals surface area (Å²) in [6.45, 7) is 14.6. The Morgan fingerprint density at radius 2 is 1.59 bits per heavy atom. The van der Waals surface area contributed by atoms with Gasteiger partial charge in [0.25, 0.3) is 0 Å². The second-order valence-corrected chi connectivity index (χ2v) is 5.50. The molecule has 2 fully saturated rings. The lowest BCUT2D eigenvalue weighted by atomic mass is 9.72. The fraction of sp³-hybridized carbons (Fsp3) is 0.929. The Morgan fingerprint density at radius 1 is 1.12 bits per heavy atom. The molecule has 2 heterocycles. The Balaban J connectivity index is 0.000000686. The van der Waals surface area contributed by atoms with E-state index in [1.807, 2.05) is 18.7 Å². The number of carbonyl (C=O) groups is 1. The lowest BCUT2D eigenvalue weighted by Gasteiger charge is -2.54. The molecule has 0 atom stereocenters. The van der Waals surface area contributed by atoms with E-state index >= 15 is 0 Å². The monoisotopic (exact) mass is 240 g/mol. The van der Waals surface area contributed by atoms with Gasteiger partial charge in [0.15, 0.2) is 0 Å². The van der Waals surface area contributed by atoms with E-state index < -0.39 is 0 Å². The summed E-state index contributed by atoms with van der Waals surface area (Å²) in [4.78, 5) is 15.7. The molecule has 2 saturated heterocycles. The predicted molar refractivity (Wildman–Crippen MR) is 72.0 cm³/mol. The minimum absolute atomic E-state index is 0.243. The maximum absolute atomic E-state index is 11.1. The molecule has 1 amide bonds. The fourth-order valence-electron chi connectivity index (χ4n) is 2.82. The molecule has 0 aromatic rings. The number of amides is 1. The molecular formula is C14H28N2O. The second kappa shape index (κ2) is 5.85. The Bertz CT molecular complexity index is 247. The molecule has 0 bridgehead atoms. The summed E-state index contributed by atoms with van der Waals surface area (Å²) in [5.41, 5.74) is 0.483. The molecule has 17 heavy (non-hydrogen) atoms.